The first kappa shape index (κ1) is 29.1. The van der Waals surface area contributed by atoms with Gasteiger partial charge in [-0.05, 0) is 62.7 Å². The average Bonchev–Trinajstić information content (AvgIpc) is 3.30. The Kier molecular flexibility index (Phi) is 8.49. The zero-order valence-corrected chi connectivity index (χ0v) is 25.6. The van der Waals surface area contributed by atoms with Crippen LogP contribution >= 0.6 is 11.3 Å². The Bertz CT molecular complexity index is 1870. The molecule has 218 valence electrons. The second-order valence-corrected chi connectivity index (χ2v) is 10.8. The number of anilines is 1. The molecule has 1 atom stereocenters. The van der Waals surface area contributed by atoms with Crippen LogP contribution in [0, 0.1) is 0 Å². The van der Waals surface area contributed by atoms with Crippen LogP contribution in [0.15, 0.2) is 75.7 Å². The lowest BCUT2D eigenvalue weighted by atomic mass is 9.90. The number of methoxy groups -OCH3 is 2. The maximum atomic E-state index is 14.3. The maximum absolute atomic E-state index is 14.3. The number of rotatable bonds is 9. The van der Waals surface area contributed by atoms with Crippen LogP contribution in [0.3, 0.4) is 0 Å². The van der Waals surface area contributed by atoms with Crippen LogP contribution in [0.5, 0.6) is 11.5 Å². The van der Waals surface area contributed by atoms with Crippen molar-refractivity contribution in [2.75, 3.05) is 38.8 Å². The fourth-order valence-electron chi connectivity index (χ4n) is 5.55. The summed E-state index contributed by atoms with van der Waals surface area (Å²) in [7, 11) is 3.22. The molecular weight excluding hydrogens is 550 g/mol. The highest BCUT2D eigenvalue weighted by molar-refractivity contribution is 7.07. The number of nitrogens with zero attached hydrogens (tertiary/aromatic N) is 3. The number of fused-ring (bicyclic) bond motifs is 2. The molecule has 1 aliphatic heterocycles. The minimum Gasteiger partial charge on any atom is -0.496 e. The van der Waals surface area contributed by atoms with Crippen molar-refractivity contribution in [1.82, 2.24) is 4.57 Å². The summed E-state index contributed by atoms with van der Waals surface area (Å²) in [4.78, 5) is 35.2. The molecule has 4 aromatic rings. The van der Waals surface area contributed by atoms with E-state index in [2.05, 4.69) is 18.7 Å². The predicted molar refractivity (Wildman–Crippen MR) is 167 cm³/mol. The van der Waals surface area contributed by atoms with Gasteiger partial charge in [-0.25, -0.2) is 9.79 Å². The van der Waals surface area contributed by atoms with E-state index in [9.17, 15) is 9.59 Å². The van der Waals surface area contributed by atoms with E-state index in [1.807, 2.05) is 60.7 Å². The van der Waals surface area contributed by atoms with Crippen molar-refractivity contribution in [2.45, 2.75) is 33.7 Å². The molecule has 0 N–H and O–H groups in total. The number of carbonyl (C=O) groups is 1. The summed E-state index contributed by atoms with van der Waals surface area (Å²) in [5, 5.41) is 1.84. The molecule has 0 unspecified atom stereocenters. The topological polar surface area (TPSA) is 82.4 Å². The van der Waals surface area contributed by atoms with Gasteiger partial charge in [0.25, 0.3) is 5.56 Å². The molecule has 9 heteroatoms. The Balaban J connectivity index is 1.78. The summed E-state index contributed by atoms with van der Waals surface area (Å²) >= 11 is 1.28. The van der Waals surface area contributed by atoms with E-state index in [-0.39, 0.29) is 12.2 Å². The number of benzene rings is 3. The van der Waals surface area contributed by atoms with E-state index < -0.39 is 12.0 Å². The van der Waals surface area contributed by atoms with Gasteiger partial charge in [-0.3, -0.25) is 9.36 Å². The molecule has 0 spiro atoms. The molecule has 0 amide bonds. The Hall–Kier alpha value is -4.37. The van der Waals surface area contributed by atoms with Crippen LogP contribution in [0.1, 0.15) is 44.9 Å². The molecule has 1 aromatic heterocycles. The second-order valence-electron chi connectivity index (χ2n) is 9.80. The second kappa shape index (κ2) is 12.2. The number of aromatic nitrogens is 1. The standard InChI is InChI=1S/C33H35N3O5S/c1-7-35(8-2)23-16-14-22(26(19-23)40-6)18-27-31(37)36-30(28(32(38)41-9-3)20(4)34-33(36)42-27)29-24-13-11-10-12-21(24)15-17-25(29)39-5/h10-19,30H,7-9H2,1-6H3/b27-18-/t30-/m0/s1. The van der Waals surface area contributed by atoms with Crippen LogP contribution < -0.4 is 29.3 Å². The molecule has 5 rings (SSSR count). The van der Waals surface area contributed by atoms with E-state index >= 15 is 0 Å². The van der Waals surface area contributed by atoms with Crippen LogP contribution in [-0.2, 0) is 9.53 Å². The largest absolute Gasteiger partial charge is 0.496 e. The van der Waals surface area contributed by atoms with Crippen molar-refractivity contribution in [3.05, 3.63) is 96.7 Å². The van der Waals surface area contributed by atoms with Gasteiger partial charge < -0.3 is 19.1 Å². The van der Waals surface area contributed by atoms with Gasteiger partial charge in [0, 0.05) is 36.0 Å². The maximum Gasteiger partial charge on any atom is 0.338 e. The Labute approximate surface area is 248 Å². The summed E-state index contributed by atoms with van der Waals surface area (Å²) in [5.41, 5.74) is 3.09. The smallest absolute Gasteiger partial charge is 0.338 e. The van der Waals surface area contributed by atoms with E-state index in [4.69, 9.17) is 19.2 Å². The third-order valence-electron chi connectivity index (χ3n) is 7.57. The van der Waals surface area contributed by atoms with Crippen LogP contribution in [-0.4, -0.2) is 44.5 Å². The quantitative estimate of drug-likeness (QED) is 0.262. The Morgan fingerprint density at radius 3 is 2.45 bits per heavy atom. The third-order valence-corrected chi connectivity index (χ3v) is 8.56. The minimum absolute atomic E-state index is 0.197. The average molecular weight is 586 g/mol. The van der Waals surface area contributed by atoms with Crippen LogP contribution in [0.25, 0.3) is 16.8 Å². The van der Waals surface area contributed by atoms with E-state index in [0.717, 1.165) is 35.1 Å². The van der Waals surface area contributed by atoms with Gasteiger partial charge in [0.15, 0.2) is 4.80 Å². The number of hydrogen-bond acceptors (Lipinski definition) is 8. The highest BCUT2D eigenvalue weighted by Crippen LogP contribution is 2.40. The number of ether oxygens (including phenoxy) is 3. The normalized spacial score (nSPS) is 14.9. The first-order valence-corrected chi connectivity index (χ1v) is 14.9. The zero-order chi connectivity index (χ0) is 30.0. The van der Waals surface area contributed by atoms with E-state index in [0.29, 0.717) is 37.7 Å². The Morgan fingerprint density at radius 1 is 1.02 bits per heavy atom. The van der Waals surface area contributed by atoms with Gasteiger partial charge in [-0.1, -0.05) is 41.7 Å². The summed E-state index contributed by atoms with van der Waals surface area (Å²) in [6.07, 6.45) is 1.83. The summed E-state index contributed by atoms with van der Waals surface area (Å²) in [6, 6.07) is 16.9. The molecular formula is C33H35N3O5S. The first-order valence-electron chi connectivity index (χ1n) is 14.0. The van der Waals surface area contributed by atoms with E-state index in [1.165, 1.54) is 11.3 Å². The van der Waals surface area contributed by atoms with Gasteiger partial charge in [-0.15, -0.1) is 0 Å². The first-order chi connectivity index (χ1) is 20.4. The Morgan fingerprint density at radius 2 is 1.76 bits per heavy atom. The molecule has 0 bridgehead atoms. The highest BCUT2D eigenvalue weighted by Gasteiger charge is 2.36. The van der Waals surface area contributed by atoms with Gasteiger partial charge in [0.1, 0.15) is 17.5 Å². The summed E-state index contributed by atoms with van der Waals surface area (Å²) in [5.74, 6) is 0.723. The molecule has 8 nitrogen and oxygen atoms in total. The lowest BCUT2D eigenvalue weighted by Crippen LogP contribution is -2.40. The zero-order valence-electron chi connectivity index (χ0n) is 24.8. The van der Waals surface area contributed by atoms with Gasteiger partial charge in [-0.2, -0.15) is 0 Å². The molecule has 3 aromatic carbocycles. The molecule has 0 aliphatic carbocycles. The third kappa shape index (κ3) is 5.09. The van der Waals surface area contributed by atoms with Crippen molar-refractivity contribution in [2.24, 2.45) is 4.99 Å². The molecule has 2 heterocycles. The predicted octanol–water partition coefficient (Wildman–Crippen LogP) is 4.81. The fraction of sp³-hybridized carbons (Fsp3) is 0.303. The monoisotopic (exact) mass is 585 g/mol. The van der Waals surface area contributed by atoms with Crippen molar-refractivity contribution >= 4 is 39.8 Å². The number of carbonyl (C=O) groups excluding carboxylic acids is 1. The molecule has 42 heavy (non-hydrogen) atoms. The molecule has 0 fully saturated rings. The molecule has 1 aliphatic rings. The number of thiazole rings is 1. The summed E-state index contributed by atoms with van der Waals surface area (Å²) < 4.78 is 19.1. The fourth-order valence-corrected chi connectivity index (χ4v) is 6.58. The van der Waals surface area contributed by atoms with Crippen molar-refractivity contribution in [3.8, 4) is 11.5 Å². The highest BCUT2D eigenvalue weighted by atomic mass is 32.1. The van der Waals surface area contributed by atoms with Gasteiger partial charge in [0.2, 0.25) is 0 Å². The number of allylic oxidation sites excluding steroid dienone is 1. The lowest BCUT2D eigenvalue weighted by molar-refractivity contribution is -0.139. The number of esters is 1. The van der Waals surface area contributed by atoms with Crippen molar-refractivity contribution in [1.29, 1.82) is 0 Å². The van der Waals surface area contributed by atoms with Gasteiger partial charge >= 0.3 is 5.97 Å². The minimum atomic E-state index is -0.796. The number of hydrogen-bond donors (Lipinski definition) is 0. The molecule has 0 saturated carbocycles. The van der Waals surface area contributed by atoms with Crippen molar-refractivity contribution < 1.29 is 19.0 Å². The van der Waals surface area contributed by atoms with Crippen molar-refractivity contribution in [3.63, 3.8) is 0 Å². The van der Waals surface area contributed by atoms with Crippen LogP contribution in [0.4, 0.5) is 5.69 Å². The van der Waals surface area contributed by atoms with E-state index in [1.54, 1.807) is 32.6 Å². The van der Waals surface area contributed by atoms with Crippen LogP contribution in [0.2, 0.25) is 0 Å². The molecule has 0 radical (unpaired) electrons. The lowest BCUT2D eigenvalue weighted by Gasteiger charge is -2.27. The SMILES string of the molecule is CCOC(=O)C1=C(C)N=c2s/c(=C\c3ccc(N(CC)CC)cc3OC)c(=O)n2[C@@H]1c1c(OC)ccc2ccccc12. The summed E-state index contributed by atoms with van der Waals surface area (Å²) in [6.45, 7) is 9.70. The van der Waals surface area contributed by atoms with Gasteiger partial charge in [0.05, 0.1) is 36.6 Å². The molecule has 0 saturated heterocycles.